The van der Waals surface area contributed by atoms with Crippen LogP contribution in [0.15, 0.2) is 18.3 Å². The van der Waals surface area contributed by atoms with Crippen LogP contribution in [0.1, 0.15) is 60.9 Å². The lowest BCUT2D eigenvalue weighted by molar-refractivity contribution is -0.0902. The van der Waals surface area contributed by atoms with E-state index in [-0.39, 0.29) is 24.3 Å². The fraction of sp³-hybridized carbons (Fsp3) is 0.636. The molecule has 1 saturated carbocycles. The summed E-state index contributed by atoms with van der Waals surface area (Å²) in [6.45, 7) is 4.92. The van der Waals surface area contributed by atoms with E-state index in [4.69, 9.17) is 14.6 Å². The highest BCUT2D eigenvalue weighted by atomic mass is 35.5. The number of hydrogen-bond acceptors (Lipinski definition) is 4. The van der Waals surface area contributed by atoms with Crippen LogP contribution in [0, 0.1) is 12.8 Å². The van der Waals surface area contributed by atoms with Gasteiger partial charge in [0, 0.05) is 30.1 Å². The molecule has 2 fully saturated rings. The average Bonchev–Trinajstić information content (AvgIpc) is 3.11. The van der Waals surface area contributed by atoms with Gasteiger partial charge >= 0.3 is 0 Å². The molecule has 0 N–H and O–H groups in total. The SMILES string of the molecule is Cc1c(C(=O)CCC2COCCO2)ccc2nn(CC3CCCCC3)cc12.Cl. The molecule has 0 spiro atoms. The average molecular weight is 407 g/mol. The van der Waals surface area contributed by atoms with Crippen molar-refractivity contribution in [2.45, 2.75) is 64.5 Å². The standard InChI is InChI=1S/C22H30N2O3.ClH/c1-16-19(22(25)10-7-18-15-26-11-12-27-18)8-9-21-20(16)14-24(23-21)13-17-5-3-2-4-6-17;/h8-9,14,17-18H,2-7,10-13,15H2,1H3;1H. The number of ether oxygens (including phenoxy) is 2. The lowest BCUT2D eigenvalue weighted by Crippen LogP contribution is -2.29. The van der Waals surface area contributed by atoms with Crippen LogP contribution < -0.4 is 0 Å². The first-order chi connectivity index (χ1) is 13.2. The summed E-state index contributed by atoms with van der Waals surface area (Å²) >= 11 is 0. The number of hydrogen-bond donors (Lipinski definition) is 0. The van der Waals surface area contributed by atoms with Gasteiger partial charge in [-0.2, -0.15) is 5.10 Å². The number of halogens is 1. The highest BCUT2D eigenvalue weighted by molar-refractivity contribution is 6.01. The Morgan fingerprint density at radius 2 is 2.04 bits per heavy atom. The number of fused-ring (bicyclic) bond motifs is 1. The topological polar surface area (TPSA) is 53.4 Å². The third-order valence-electron chi connectivity index (χ3n) is 6.05. The van der Waals surface area contributed by atoms with Crippen LogP contribution in [0.25, 0.3) is 10.9 Å². The summed E-state index contributed by atoms with van der Waals surface area (Å²) in [5, 5.41) is 5.86. The summed E-state index contributed by atoms with van der Waals surface area (Å²) in [7, 11) is 0. The number of rotatable bonds is 6. The van der Waals surface area contributed by atoms with Gasteiger partial charge in [0.15, 0.2) is 5.78 Å². The lowest BCUT2D eigenvalue weighted by atomic mass is 9.89. The van der Waals surface area contributed by atoms with Gasteiger partial charge in [0.25, 0.3) is 0 Å². The summed E-state index contributed by atoms with van der Waals surface area (Å²) in [5.41, 5.74) is 2.86. The van der Waals surface area contributed by atoms with Gasteiger partial charge in [-0.15, -0.1) is 12.4 Å². The van der Waals surface area contributed by atoms with Gasteiger partial charge < -0.3 is 9.47 Å². The van der Waals surface area contributed by atoms with E-state index >= 15 is 0 Å². The maximum absolute atomic E-state index is 12.8. The second-order valence-corrected chi connectivity index (χ2v) is 8.06. The first kappa shape index (κ1) is 21.3. The Morgan fingerprint density at radius 1 is 1.21 bits per heavy atom. The van der Waals surface area contributed by atoms with Gasteiger partial charge in [-0.3, -0.25) is 9.48 Å². The molecule has 2 aromatic rings. The number of ketones is 1. The van der Waals surface area contributed by atoms with Gasteiger partial charge in [0.05, 0.1) is 31.4 Å². The van der Waals surface area contributed by atoms with Crippen molar-refractivity contribution in [1.29, 1.82) is 0 Å². The number of aryl methyl sites for hydroxylation is 1. The normalized spacial score (nSPS) is 20.8. The molecule has 1 aliphatic carbocycles. The van der Waals surface area contributed by atoms with Gasteiger partial charge in [-0.05, 0) is 49.8 Å². The molecule has 154 valence electrons. The fourth-order valence-corrected chi connectivity index (χ4v) is 4.44. The predicted molar refractivity (Wildman–Crippen MR) is 112 cm³/mol. The monoisotopic (exact) mass is 406 g/mol. The quantitative estimate of drug-likeness (QED) is 0.651. The van der Waals surface area contributed by atoms with E-state index in [1.165, 1.54) is 32.1 Å². The van der Waals surface area contributed by atoms with Crippen LogP contribution >= 0.6 is 12.4 Å². The van der Waals surface area contributed by atoms with Crippen molar-refractivity contribution in [2.24, 2.45) is 5.92 Å². The molecule has 5 nitrogen and oxygen atoms in total. The molecule has 2 aliphatic rings. The van der Waals surface area contributed by atoms with E-state index in [0.717, 1.165) is 40.9 Å². The maximum atomic E-state index is 12.8. The summed E-state index contributed by atoms with van der Waals surface area (Å²) in [4.78, 5) is 12.8. The highest BCUT2D eigenvalue weighted by Gasteiger charge is 2.19. The molecule has 0 amide bonds. The zero-order valence-corrected chi connectivity index (χ0v) is 17.5. The van der Waals surface area contributed by atoms with Gasteiger partial charge in [-0.25, -0.2) is 0 Å². The third kappa shape index (κ3) is 4.94. The molecule has 0 radical (unpaired) electrons. The second kappa shape index (κ2) is 9.86. The summed E-state index contributed by atoms with van der Waals surface area (Å²) < 4.78 is 13.2. The molecule has 1 aromatic carbocycles. The molecule has 28 heavy (non-hydrogen) atoms. The van der Waals surface area contributed by atoms with Crippen LogP contribution in [-0.4, -0.2) is 41.5 Å². The van der Waals surface area contributed by atoms with Crippen LogP contribution in [-0.2, 0) is 16.0 Å². The van der Waals surface area contributed by atoms with Crippen LogP contribution in [0.4, 0.5) is 0 Å². The van der Waals surface area contributed by atoms with E-state index in [9.17, 15) is 4.79 Å². The van der Waals surface area contributed by atoms with Gasteiger partial charge in [-0.1, -0.05) is 19.3 Å². The molecule has 1 unspecified atom stereocenters. The predicted octanol–water partition coefficient (Wildman–Crippen LogP) is 4.73. The Balaban J connectivity index is 0.00000225. The van der Waals surface area contributed by atoms with Crippen molar-refractivity contribution in [3.63, 3.8) is 0 Å². The van der Waals surface area contributed by atoms with Crippen LogP contribution in [0.5, 0.6) is 0 Å². The molecule has 6 heteroatoms. The number of Topliss-reactive ketones (excluding diaryl/α,β-unsaturated/α-hetero) is 1. The minimum Gasteiger partial charge on any atom is -0.376 e. The Hall–Kier alpha value is -1.43. The van der Waals surface area contributed by atoms with Crippen molar-refractivity contribution < 1.29 is 14.3 Å². The molecule has 1 atom stereocenters. The molecule has 1 saturated heterocycles. The fourth-order valence-electron chi connectivity index (χ4n) is 4.44. The van der Waals surface area contributed by atoms with E-state index in [2.05, 4.69) is 10.9 Å². The number of carbonyl (C=O) groups excluding carboxylic acids is 1. The largest absolute Gasteiger partial charge is 0.376 e. The Bertz CT molecular complexity index is 792. The first-order valence-corrected chi connectivity index (χ1v) is 10.4. The first-order valence-electron chi connectivity index (χ1n) is 10.4. The Kier molecular flexibility index (Phi) is 7.49. The number of benzene rings is 1. The maximum Gasteiger partial charge on any atom is 0.163 e. The molecule has 1 aromatic heterocycles. The highest BCUT2D eigenvalue weighted by Crippen LogP contribution is 2.27. The van der Waals surface area contributed by atoms with Crippen molar-refractivity contribution in [1.82, 2.24) is 9.78 Å². The summed E-state index contributed by atoms with van der Waals surface area (Å²) in [5.74, 6) is 0.927. The van der Waals surface area contributed by atoms with E-state index < -0.39 is 0 Å². The minimum atomic E-state index is 0. The minimum absolute atomic E-state index is 0. The van der Waals surface area contributed by atoms with E-state index in [0.29, 0.717) is 26.2 Å². The Morgan fingerprint density at radius 3 is 2.79 bits per heavy atom. The van der Waals surface area contributed by atoms with E-state index in [1.54, 1.807) is 0 Å². The van der Waals surface area contributed by atoms with Gasteiger partial charge in [0.2, 0.25) is 0 Å². The smallest absolute Gasteiger partial charge is 0.163 e. The van der Waals surface area contributed by atoms with Crippen molar-refractivity contribution in [3.05, 3.63) is 29.5 Å². The van der Waals surface area contributed by atoms with E-state index in [1.807, 2.05) is 19.1 Å². The lowest BCUT2D eigenvalue weighted by Gasteiger charge is -2.22. The number of aromatic nitrogens is 2. The molecule has 2 heterocycles. The van der Waals surface area contributed by atoms with Crippen LogP contribution in [0.3, 0.4) is 0 Å². The van der Waals surface area contributed by atoms with Crippen molar-refractivity contribution in [2.75, 3.05) is 19.8 Å². The van der Waals surface area contributed by atoms with Crippen molar-refractivity contribution >= 4 is 29.1 Å². The Labute approximate surface area is 173 Å². The zero-order chi connectivity index (χ0) is 18.6. The summed E-state index contributed by atoms with van der Waals surface area (Å²) in [6, 6.07) is 3.93. The molecule has 0 bridgehead atoms. The van der Waals surface area contributed by atoms with Crippen molar-refractivity contribution in [3.8, 4) is 0 Å². The van der Waals surface area contributed by atoms with Crippen LogP contribution in [0.2, 0.25) is 0 Å². The molecular weight excluding hydrogens is 376 g/mol. The number of nitrogens with zero attached hydrogens (tertiary/aromatic N) is 2. The second-order valence-electron chi connectivity index (χ2n) is 8.06. The number of carbonyl (C=O) groups is 1. The molecular formula is C22H31ClN2O3. The molecule has 4 rings (SSSR count). The molecule has 1 aliphatic heterocycles. The van der Waals surface area contributed by atoms with Gasteiger partial charge in [0.1, 0.15) is 0 Å². The zero-order valence-electron chi connectivity index (χ0n) is 16.7. The summed E-state index contributed by atoms with van der Waals surface area (Å²) in [6.07, 6.45) is 10.1. The third-order valence-corrected chi connectivity index (χ3v) is 6.05.